The molecule has 0 amide bonds. The van der Waals surface area contributed by atoms with Gasteiger partial charge >= 0.3 is 0 Å². The van der Waals surface area contributed by atoms with E-state index >= 15 is 0 Å². The zero-order valence-electron chi connectivity index (χ0n) is 9.24. The van der Waals surface area contributed by atoms with E-state index in [0.29, 0.717) is 5.92 Å². The van der Waals surface area contributed by atoms with Gasteiger partial charge in [-0.1, -0.05) is 43.6 Å². The molecule has 0 radical (unpaired) electrons. The molecule has 0 fully saturated rings. The smallest absolute Gasteiger partial charge is 0.0453 e. The summed E-state index contributed by atoms with van der Waals surface area (Å²) in [6.07, 6.45) is 2.15. The fourth-order valence-corrected chi connectivity index (χ4v) is 1.72. The molecule has 0 heterocycles. The number of halogens is 2. The topological polar surface area (TPSA) is 26.0 Å². The second kappa shape index (κ2) is 7.10. The molecule has 0 spiro atoms. The van der Waals surface area contributed by atoms with Gasteiger partial charge in [0.05, 0.1) is 0 Å². The van der Waals surface area contributed by atoms with Crippen molar-refractivity contribution in [3.63, 3.8) is 0 Å². The number of nitrogens with two attached hydrogens (primary N) is 1. The van der Waals surface area contributed by atoms with Crippen molar-refractivity contribution in [2.24, 2.45) is 11.7 Å². The molecule has 3 heteroatoms. The van der Waals surface area contributed by atoms with Crippen LogP contribution in [-0.4, -0.2) is 0 Å². The highest BCUT2D eigenvalue weighted by atomic mass is 35.5. The van der Waals surface area contributed by atoms with Gasteiger partial charge in [0.25, 0.3) is 0 Å². The van der Waals surface area contributed by atoms with Crippen LogP contribution in [-0.2, 0) is 0 Å². The van der Waals surface area contributed by atoms with Gasteiger partial charge in [0, 0.05) is 11.1 Å². The zero-order chi connectivity index (χ0) is 10.6. The van der Waals surface area contributed by atoms with Crippen molar-refractivity contribution < 1.29 is 0 Å². The first kappa shape index (κ1) is 14.8. The summed E-state index contributed by atoms with van der Waals surface area (Å²) in [5.41, 5.74) is 7.12. The molecule has 1 aromatic rings. The van der Waals surface area contributed by atoms with Gasteiger partial charge in [-0.05, 0) is 30.4 Å². The summed E-state index contributed by atoms with van der Waals surface area (Å²) < 4.78 is 0. The molecule has 0 aliphatic rings. The molecule has 0 unspecified atom stereocenters. The molecule has 0 aliphatic carbocycles. The maximum absolute atomic E-state index is 6.06. The van der Waals surface area contributed by atoms with Crippen LogP contribution in [0.1, 0.15) is 38.3 Å². The van der Waals surface area contributed by atoms with Gasteiger partial charge in [-0.25, -0.2) is 0 Å². The van der Waals surface area contributed by atoms with E-state index in [9.17, 15) is 0 Å². The Hall–Kier alpha value is -0.240. The third-order valence-electron chi connectivity index (χ3n) is 2.36. The highest BCUT2D eigenvalue weighted by molar-refractivity contribution is 6.31. The molecule has 0 bridgehead atoms. The number of hydrogen-bond acceptors (Lipinski definition) is 1. The fourth-order valence-electron chi connectivity index (χ4n) is 1.44. The molecule has 0 saturated carbocycles. The SMILES string of the molecule is CC(C)CC[C@@H](N)c1ccccc1Cl.Cl. The van der Waals surface area contributed by atoms with E-state index in [1.807, 2.05) is 24.3 Å². The molecule has 0 saturated heterocycles. The van der Waals surface area contributed by atoms with Crippen LogP contribution < -0.4 is 5.73 Å². The van der Waals surface area contributed by atoms with E-state index in [-0.39, 0.29) is 18.4 Å². The quantitative estimate of drug-likeness (QED) is 0.849. The van der Waals surface area contributed by atoms with Crippen LogP contribution in [0.25, 0.3) is 0 Å². The monoisotopic (exact) mass is 247 g/mol. The lowest BCUT2D eigenvalue weighted by Gasteiger charge is -2.14. The number of benzene rings is 1. The number of rotatable bonds is 4. The molecule has 1 nitrogen and oxygen atoms in total. The van der Waals surface area contributed by atoms with Gasteiger partial charge in [0.2, 0.25) is 0 Å². The first-order chi connectivity index (χ1) is 6.61. The molecular formula is C12H19Cl2N. The second-order valence-corrected chi connectivity index (χ2v) is 4.51. The summed E-state index contributed by atoms with van der Waals surface area (Å²) in [5, 5.41) is 0.781. The summed E-state index contributed by atoms with van der Waals surface area (Å²) in [5.74, 6) is 0.698. The van der Waals surface area contributed by atoms with Crippen molar-refractivity contribution in [1.82, 2.24) is 0 Å². The average molecular weight is 248 g/mol. The van der Waals surface area contributed by atoms with Gasteiger partial charge in [-0.3, -0.25) is 0 Å². The molecular weight excluding hydrogens is 229 g/mol. The van der Waals surface area contributed by atoms with Gasteiger partial charge in [0.1, 0.15) is 0 Å². The van der Waals surface area contributed by atoms with E-state index in [0.717, 1.165) is 23.4 Å². The van der Waals surface area contributed by atoms with Crippen LogP contribution in [0.15, 0.2) is 24.3 Å². The summed E-state index contributed by atoms with van der Waals surface area (Å²) >= 11 is 6.05. The van der Waals surface area contributed by atoms with Crippen molar-refractivity contribution in [2.75, 3.05) is 0 Å². The minimum Gasteiger partial charge on any atom is -0.324 e. The van der Waals surface area contributed by atoms with E-state index in [4.69, 9.17) is 17.3 Å². The average Bonchev–Trinajstić information content (AvgIpc) is 2.15. The maximum atomic E-state index is 6.06. The molecule has 1 rings (SSSR count). The van der Waals surface area contributed by atoms with Crippen LogP contribution in [0.2, 0.25) is 5.02 Å². The predicted molar refractivity (Wildman–Crippen MR) is 69.7 cm³/mol. The molecule has 1 aromatic carbocycles. The first-order valence-electron chi connectivity index (χ1n) is 5.11. The van der Waals surface area contributed by atoms with Gasteiger partial charge in [-0.2, -0.15) is 0 Å². The molecule has 1 atom stereocenters. The lowest BCUT2D eigenvalue weighted by molar-refractivity contribution is 0.507. The Morgan fingerprint density at radius 3 is 2.33 bits per heavy atom. The summed E-state index contributed by atoms with van der Waals surface area (Å²) in [6.45, 7) is 4.42. The molecule has 86 valence electrons. The number of hydrogen-bond donors (Lipinski definition) is 1. The van der Waals surface area contributed by atoms with Gasteiger partial charge in [0.15, 0.2) is 0 Å². The second-order valence-electron chi connectivity index (χ2n) is 4.10. The zero-order valence-corrected chi connectivity index (χ0v) is 10.8. The largest absolute Gasteiger partial charge is 0.324 e. The molecule has 0 aromatic heterocycles. The van der Waals surface area contributed by atoms with Crippen LogP contribution in [0.5, 0.6) is 0 Å². The summed E-state index contributed by atoms with van der Waals surface area (Å²) in [7, 11) is 0. The van der Waals surface area contributed by atoms with Crippen molar-refractivity contribution in [3.8, 4) is 0 Å². The van der Waals surface area contributed by atoms with Gasteiger partial charge < -0.3 is 5.73 Å². The predicted octanol–water partition coefficient (Wildman–Crippen LogP) is 4.20. The highest BCUT2D eigenvalue weighted by Gasteiger charge is 2.09. The van der Waals surface area contributed by atoms with Gasteiger partial charge in [-0.15, -0.1) is 12.4 Å². The maximum Gasteiger partial charge on any atom is 0.0453 e. The summed E-state index contributed by atoms with van der Waals surface area (Å²) in [6, 6.07) is 7.89. The first-order valence-corrected chi connectivity index (χ1v) is 5.49. The molecule has 2 N–H and O–H groups in total. The summed E-state index contributed by atoms with van der Waals surface area (Å²) in [4.78, 5) is 0. The molecule has 0 aliphatic heterocycles. The Morgan fingerprint density at radius 2 is 1.80 bits per heavy atom. The minimum absolute atomic E-state index is 0. The van der Waals surface area contributed by atoms with Crippen molar-refractivity contribution >= 4 is 24.0 Å². The lowest BCUT2D eigenvalue weighted by atomic mass is 9.98. The Morgan fingerprint density at radius 1 is 1.20 bits per heavy atom. The third kappa shape index (κ3) is 4.87. The standard InChI is InChI=1S/C12H18ClN.ClH/c1-9(2)7-8-12(14)10-5-3-4-6-11(10)13;/h3-6,9,12H,7-8,14H2,1-2H3;1H/t12-;/m1./s1. The van der Waals surface area contributed by atoms with E-state index in [2.05, 4.69) is 13.8 Å². The normalized spacial score (nSPS) is 12.3. The third-order valence-corrected chi connectivity index (χ3v) is 2.70. The van der Waals surface area contributed by atoms with E-state index in [1.165, 1.54) is 0 Å². The Balaban J connectivity index is 0.00000196. The van der Waals surface area contributed by atoms with E-state index in [1.54, 1.807) is 0 Å². The highest BCUT2D eigenvalue weighted by Crippen LogP contribution is 2.25. The Labute approximate surface area is 103 Å². The molecule has 15 heavy (non-hydrogen) atoms. The van der Waals surface area contributed by atoms with Crippen LogP contribution in [0.3, 0.4) is 0 Å². The van der Waals surface area contributed by atoms with Crippen molar-refractivity contribution in [3.05, 3.63) is 34.9 Å². The van der Waals surface area contributed by atoms with Crippen LogP contribution >= 0.6 is 24.0 Å². The Kier molecular flexibility index (Phi) is 6.99. The lowest BCUT2D eigenvalue weighted by Crippen LogP contribution is -2.11. The van der Waals surface area contributed by atoms with E-state index < -0.39 is 0 Å². The van der Waals surface area contributed by atoms with Crippen LogP contribution in [0.4, 0.5) is 0 Å². The minimum atomic E-state index is 0. The van der Waals surface area contributed by atoms with Crippen LogP contribution in [0, 0.1) is 5.92 Å². The van der Waals surface area contributed by atoms with Crippen molar-refractivity contribution in [1.29, 1.82) is 0 Å². The van der Waals surface area contributed by atoms with Crippen molar-refractivity contribution in [2.45, 2.75) is 32.7 Å². The fraction of sp³-hybridized carbons (Fsp3) is 0.500. The Bertz CT molecular complexity index is 287.